The summed E-state index contributed by atoms with van der Waals surface area (Å²) in [6, 6.07) is 17.7. The molecule has 0 saturated heterocycles. The van der Waals surface area contributed by atoms with Crippen LogP contribution in [0.2, 0.25) is 0 Å². The lowest BCUT2D eigenvalue weighted by atomic mass is 10.1. The van der Waals surface area contributed by atoms with Crippen LogP contribution >= 0.6 is 0 Å². The zero-order chi connectivity index (χ0) is 22.2. The minimum atomic E-state index is 0.532. The van der Waals surface area contributed by atoms with E-state index in [1.165, 1.54) is 11.1 Å². The first-order valence-corrected chi connectivity index (χ1v) is 10.7. The van der Waals surface area contributed by atoms with E-state index in [2.05, 4.69) is 38.8 Å². The molecule has 4 rings (SSSR count). The van der Waals surface area contributed by atoms with Crippen molar-refractivity contribution >= 4 is 5.96 Å². The summed E-state index contributed by atoms with van der Waals surface area (Å²) in [7, 11) is 3.40. The van der Waals surface area contributed by atoms with Crippen molar-refractivity contribution < 1.29 is 14.2 Å². The molecule has 7 heteroatoms. The molecule has 32 heavy (non-hydrogen) atoms. The number of guanidine groups is 1. The quantitative estimate of drug-likeness (QED) is 0.417. The molecule has 0 unspecified atom stereocenters. The molecule has 7 nitrogen and oxygen atoms in total. The van der Waals surface area contributed by atoms with Gasteiger partial charge in [-0.25, -0.2) is 4.98 Å². The van der Waals surface area contributed by atoms with Crippen molar-refractivity contribution in [3.05, 3.63) is 77.5 Å². The summed E-state index contributed by atoms with van der Waals surface area (Å²) in [4.78, 5) is 8.69. The van der Waals surface area contributed by atoms with Crippen LogP contribution < -0.4 is 24.8 Å². The maximum atomic E-state index is 5.79. The molecule has 0 atom stereocenters. The van der Waals surface area contributed by atoms with Crippen LogP contribution in [0.3, 0.4) is 0 Å². The zero-order valence-corrected chi connectivity index (χ0v) is 18.4. The Morgan fingerprint density at radius 1 is 1.06 bits per heavy atom. The number of aromatic nitrogens is 1. The summed E-state index contributed by atoms with van der Waals surface area (Å²) < 4.78 is 16.6. The molecule has 0 aliphatic carbocycles. The molecule has 2 N–H and O–H groups in total. The summed E-state index contributed by atoms with van der Waals surface area (Å²) in [5.41, 5.74) is 3.63. The van der Waals surface area contributed by atoms with Crippen LogP contribution in [0.25, 0.3) is 0 Å². The predicted octanol–water partition coefficient (Wildman–Crippen LogP) is 3.73. The summed E-state index contributed by atoms with van der Waals surface area (Å²) in [5.74, 6) is 3.73. The number of pyridine rings is 1. The number of aliphatic imine (C=N–C) groups is 1. The highest BCUT2D eigenvalue weighted by atomic mass is 16.5. The Labute approximate surface area is 188 Å². The number of rotatable bonds is 8. The largest absolute Gasteiger partial charge is 0.497 e. The van der Waals surface area contributed by atoms with E-state index in [1.807, 2.05) is 36.4 Å². The van der Waals surface area contributed by atoms with Gasteiger partial charge in [0.25, 0.3) is 0 Å². The van der Waals surface area contributed by atoms with Crippen LogP contribution in [-0.2, 0) is 19.4 Å². The van der Waals surface area contributed by atoms with E-state index in [4.69, 9.17) is 14.2 Å². The first kappa shape index (κ1) is 21.5. The predicted molar refractivity (Wildman–Crippen MR) is 125 cm³/mol. The molecule has 0 radical (unpaired) electrons. The van der Waals surface area contributed by atoms with Crippen molar-refractivity contribution in [3.63, 3.8) is 0 Å². The van der Waals surface area contributed by atoms with Gasteiger partial charge in [0.2, 0.25) is 5.88 Å². The second-order valence-corrected chi connectivity index (χ2v) is 7.43. The van der Waals surface area contributed by atoms with Gasteiger partial charge in [0.1, 0.15) is 17.2 Å². The van der Waals surface area contributed by atoms with E-state index in [0.29, 0.717) is 18.2 Å². The number of nitrogens with one attached hydrogen (secondary N) is 2. The molecule has 0 bridgehead atoms. The van der Waals surface area contributed by atoms with E-state index < -0.39 is 0 Å². The van der Waals surface area contributed by atoms with Gasteiger partial charge in [0.05, 0.1) is 13.7 Å². The van der Waals surface area contributed by atoms with Gasteiger partial charge >= 0.3 is 0 Å². The number of hydrogen-bond donors (Lipinski definition) is 2. The normalized spacial score (nSPS) is 12.6. The Hall–Kier alpha value is -3.74. The van der Waals surface area contributed by atoms with Gasteiger partial charge in [0.15, 0.2) is 5.96 Å². The van der Waals surface area contributed by atoms with Crippen molar-refractivity contribution in [1.29, 1.82) is 0 Å². The van der Waals surface area contributed by atoms with Gasteiger partial charge in [-0.2, -0.15) is 0 Å². The van der Waals surface area contributed by atoms with Gasteiger partial charge in [-0.15, -0.1) is 0 Å². The number of hydrogen-bond acceptors (Lipinski definition) is 5. The van der Waals surface area contributed by atoms with E-state index in [-0.39, 0.29) is 0 Å². The summed E-state index contributed by atoms with van der Waals surface area (Å²) in [5, 5.41) is 6.68. The lowest BCUT2D eigenvalue weighted by molar-refractivity contribution is 0.357. The average Bonchev–Trinajstić information content (AvgIpc) is 3.30. The fourth-order valence-corrected chi connectivity index (χ4v) is 3.49. The van der Waals surface area contributed by atoms with Crippen LogP contribution in [0.5, 0.6) is 23.1 Å². The van der Waals surface area contributed by atoms with Crippen LogP contribution in [0.15, 0.2) is 65.8 Å². The van der Waals surface area contributed by atoms with E-state index >= 15 is 0 Å². The molecule has 0 spiro atoms. The third kappa shape index (κ3) is 5.69. The third-order valence-electron chi connectivity index (χ3n) is 5.20. The van der Waals surface area contributed by atoms with Gasteiger partial charge < -0.3 is 24.8 Å². The van der Waals surface area contributed by atoms with Crippen molar-refractivity contribution in [2.24, 2.45) is 4.99 Å². The number of nitrogens with zero attached hydrogens (tertiary/aromatic N) is 2. The maximum Gasteiger partial charge on any atom is 0.219 e. The van der Waals surface area contributed by atoms with Crippen molar-refractivity contribution in [2.75, 3.05) is 27.3 Å². The third-order valence-corrected chi connectivity index (χ3v) is 5.20. The summed E-state index contributed by atoms with van der Waals surface area (Å²) >= 11 is 0. The molecule has 3 aromatic rings. The highest BCUT2D eigenvalue weighted by Gasteiger charge is 2.11. The number of methoxy groups -OCH3 is 1. The molecular formula is C25H28N4O3. The Bertz CT molecular complexity index is 1070. The average molecular weight is 433 g/mol. The molecular weight excluding hydrogens is 404 g/mol. The molecule has 166 valence electrons. The Balaban J connectivity index is 1.23. The highest BCUT2D eigenvalue weighted by Crippen LogP contribution is 2.26. The Kier molecular flexibility index (Phi) is 7.07. The molecule has 2 heterocycles. The number of ether oxygens (including phenoxy) is 3. The number of fused-ring (bicyclic) bond motifs is 1. The van der Waals surface area contributed by atoms with Gasteiger partial charge in [0, 0.05) is 44.9 Å². The minimum Gasteiger partial charge on any atom is -0.497 e. The van der Waals surface area contributed by atoms with E-state index in [9.17, 15) is 0 Å². The smallest absolute Gasteiger partial charge is 0.219 e. The number of benzene rings is 2. The van der Waals surface area contributed by atoms with Crippen LogP contribution in [-0.4, -0.2) is 38.3 Å². The van der Waals surface area contributed by atoms with Crippen molar-refractivity contribution in [1.82, 2.24) is 15.6 Å². The molecule has 1 aliphatic heterocycles. The van der Waals surface area contributed by atoms with Crippen LogP contribution in [0.1, 0.15) is 16.7 Å². The second-order valence-electron chi connectivity index (χ2n) is 7.43. The standard InChI is InChI=1S/C25H28N4O3/c1-26-25(27-12-10-18-6-8-23-20(14-18)11-13-31-23)29-17-19-7-9-24(28-16-19)32-22-5-3-4-21(15-22)30-2/h3-9,14-16H,10-13,17H2,1-2H3,(H2,26,27,29). The maximum absolute atomic E-state index is 5.79. The van der Waals surface area contributed by atoms with E-state index in [1.54, 1.807) is 20.4 Å². The second kappa shape index (κ2) is 10.5. The molecule has 0 saturated carbocycles. The van der Waals surface area contributed by atoms with Gasteiger partial charge in [-0.05, 0) is 41.3 Å². The molecule has 0 amide bonds. The topological polar surface area (TPSA) is 77.0 Å². The molecule has 1 aromatic heterocycles. The first-order chi connectivity index (χ1) is 15.7. The molecule has 1 aliphatic rings. The van der Waals surface area contributed by atoms with Crippen LogP contribution in [0.4, 0.5) is 0 Å². The molecule has 2 aromatic carbocycles. The van der Waals surface area contributed by atoms with Crippen molar-refractivity contribution in [3.8, 4) is 23.1 Å². The van der Waals surface area contributed by atoms with E-state index in [0.717, 1.165) is 49.0 Å². The monoisotopic (exact) mass is 432 g/mol. The van der Waals surface area contributed by atoms with Gasteiger partial charge in [-0.3, -0.25) is 4.99 Å². The Morgan fingerprint density at radius 3 is 2.75 bits per heavy atom. The Morgan fingerprint density at radius 2 is 1.94 bits per heavy atom. The van der Waals surface area contributed by atoms with Crippen LogP contribution in [0, 0.1) is 0 Å². The summed E-state index contributed by atoms with van der Waals surface area (Å²) in [6.45, 7) is 2.20. The fourth-order valence-electron chi connectivity index (χ4n) is 3.49. The van der Waals surface area contributed by atoms with Gasteiger partial charge in [-0.1, -0.05) is 24.3 Å². The van der Waals surface area contributed by atoms with Crippen molar-refractivity contribution in [2.45, 2.75) is 19.4 Å². The lowest BCUT2D eigenvalue weighted by Gasteiger charge is -2.12. The lowest BCUT2D eigenvalue weighted by Crippen LogP contribution is -2.37. The minimum absolute atomic E-state index is 0.532. The first-order valence-electron chi connectivity index (χ1n) is 10.7. The zero-order valence-electron chi connectivity index (χ0n) is 18.4. The summed E-state index contributed by atoms with van der Waals surface area (Å²) in [6.07, 6.45) is 3.71. The highest BCUT2D eigenvalue weighted by molar-refractivity contribution is 5.79. The fraction of sp³-hybridized carbons (Fsp3) is 0.280. The molecule has 0 fully saturated rings. The SMILES string of the molecule is CN=C(NCCc1ccc2c(c1)CCO2)NCc1ccc(Oc2cccc(OC)c2)nc1.